The molecule has 16 heavy (non-hydrogen) atoms. The van der Waals surface area contributed by atoms with Crippen LogP contribution in [0.3, 0.4) is 0 Å². The Morgan fingerprint density at radius 2 is 2.19 bits per heavy atom. The quantitative estimate of drug-likeness (QED) is 0.898. The van der Waals surface area contributed by atoms with E-state index in [1.54, 1.807) is 0 Å². The molecule has 0 radical (unpaired) electrons. The molecular formula is C10H10BrFO4. The summed E-state index contributed by atoms with van der Waals surface area (Å²) in [6.45, 7) is 1.33. The lowest BCUT2D eigenvalue weighted by Gasteiger charge is -2.13. The lowest BCUT2D eigenvalue weighted by Crippen LogP contribution is -2.10. The largest absolute Gasteiger partial charge is 0.502 e. The van der Waals surface area contributed by atoms with Gasteiger partial charge in [0.05, 0.1) is 13.0 Å². The number of hydrogen-bond acceptors (Lipinski definition) is 3. The Labute approximate surface area is 99.8 Å². The van der Waals surface area contributed by atoms with Crippen LogP contribution >= 0.6 is 15.9 Å². The van der Waals surface area contributed by atoms with Gasteiger partial charge in [-0.05, 0) is 13.0 Å². The number of phenols is 1. The molecule has 0 aliphatic heterocycles. The Bertz CT molecular complexity index is 433. The zero-order valence-corrected chi connectivity index (χ0v) is 10.2. The third-order valence-corrected chi connectivity index (χ3v) is 2.87. The number of carboxylic acid groups (broad SMARTS) is 1. The first-order valence-electron chi connectivity index (χ1n) is 4.37. The Morgan fingerprint density at radius 3 is 2.62 bits per heavy atom. The van der Waals surface area contributed by atoms with Gasteiger partial charge in [0.15, 0.2) is 17.3 Å². The van der Waals surface area contributed by atoms with E-state index in [-0.39, 0.29) is 15.8 Å². The Morgan fingerprint density at radius 1 is 1.62 bits per heavy atom. The zero-order chi connectivity index (χ0) is 12.5. The summed E-state index contributed by atoms with van der Waals surface area (Å²) in [5.74, 6) is -3.96. The van der Waals surface area contributed by atoms with E-state index < -0.39 is 23.5 Å². The molecule has 0 heterocycles. The number of methoxy groups -OCH3 is 1. The molecule has 0 bridgehead atoms. The molecule has 2 N–H and O–H groups in total. The van der Waals surface area contributed by atoms with Crippen molar-refractivity contribution in [3.63, 3.8) is 0 Å². The molecule has 1 aromatic rings. The molecular weight excluding hydrogens is 283 g/mol. The maximum Gasteiger partial charge on any atom is 0.310 e. The molecule has 1 aromatic carbocycles. The molecule has 0 fully saturated rings. The van der Waals surface area contributed by atoms with Crippen molar-refractivity contribution in [3.05, 3.63) is 21.9 Å². The molecule has 0 saturated heterocycles. The van der Waals surface area contributed by atoms with Crippen LogP contribution in [0.25, 0.3) is 0 Å². The number of phenolic OH excluding ortho intramolecular Hbond substituents is 1. The highest BCUT2D eigenvalue weighted by atomic mass is 79.9. The summed E-state index contributed by atoms with van der Waals surface area (Å²) in [4.78, 5) is 10.8. The van der Waals surface area contributed by atoms with Gasteiger partial charge in [-0.1, -0.05) is 15.9 Å². The van der Waals surface area contributed by atoms with Crippen molar-refractivity contribution in [2.24, 2.45) is 0 Å². The lowest BCUT2D eigenvalue weighted by atomic mass is 10.00. The fraction of sp³-hybridized carbons (Fsp3) is 0.300. The van der Waals surface area contributed by atoms with Crippen LogP contribution in [0.15, 0.2) is 10.5 Å². The summed E-state index contributed by atoms with van der Waals surface area (Å²) >= 11 is 3.05. The SMILES string of the molecule is COc1cc(Br)c(C(C)C(=O)O)c(F)c1O. The predicted octanol–water partition coefficient (Wildman–Crippen LogP) is 2.49. The number of benzene rings is 1. The minimum Gasteiger partial charge on any atom is -0.502 e. The summed E-state index contributed by atoms with van der Waals surface area (Å²) in [7, 11) is 1.28. The van der Waals surface area contributed by atoms with Gasteiger partial charge in [-0.15, -0.1) is 0 Å². The van der Waals surface area contributed by atoms with Gasteiger partial charge in [0.1, 0.15) is 0 Å². The van der Waals surface area contributed by atoms with Crippen LogP contribution in [-0.4, -0.2) is 23.3 Å². The summed E-state index contributed by atoms with van der Waals surface area (Å²) < 4.78 is 18.7. The average molecular weight is 293 g/mol. The van der Waals surface area contributed by atoms with Crippen LogP contribution in [0.5, 0.6) is 11.5 Å². The average Bonchev–Trinajstić information content (AvgIpc) is 2.23. The van der Waals surface area contributed by atoms with Gasteiger partial charge in [0.25, 0.3) is 0 Å². The first-order chi connectivity index (χ1) is 7.40. The van der Waals surface area contributed by atoms with Gasteiger partial charge in [0, 0.05) is 10.0 Å². The predicted molar refractivity (Wildman–Crippen MR) is 58.4 cm³/mol. The summed E-state index contributed by atoms with van der Waals surface area (Å²) in [6.07, 6.45) is 0. The van der Waals surface area contributed by atoms with Crippen LogP contribution < -0.4 is 4.74 Å². The summed E-state index contributed by atoms with van der Waals surface area (Å²) in [5, 5.41) is 18.2. The van der Waals surface area contributed by atoms with Crippen molar-refractivity contribution in [2.75, 3.05) is 7.11 Å². The van der Waals surface area contributed by atoms with Gasteiger partial charge in [0.2, 0.25) is 0 Å². The molecule has 0 amide bonds. The third-order valence-electron chi connectivity index (χ3n) is 2.22. The normalized spacial score (nSPS) is 12.2. The van der Waals surface area contributed by atoms with Crippen molar-refractivity contribution in [1.82, 2.24) is 0 Å². The number of aliphatic carboxylic acids is 1. The highest BCUT2D eigenvalue weighted by Crippen LogP contribution is 2.39. The topological polar surface area (TPSA) is 66.8 Å². The van der Waals surface area contributed by atoms with E-state index >= 15 is 0 Å². The van der Waals surface area contributed by atoms with Gasteiger partial charge < -0.3 is 14.9 Å². The van der Waals surface area contributed by atoms with E-state index in [9.17, 15) is 14.3 Å². The number of rotatable bonds is 3. The van der Waals surface area contributed by atoms with Crippen LogP contribution in [0.2, 0.25) is 0 Å². The number of carboxylic acids is 1. The fourth-order valence-electron chi connectivity index (χ4n) is 1.28. The molecule has 0 aromatic heterocycles. The smallest absolute Gasteiger partial charge is 0.310 e. The maximum atomic E-state index is 13.7. The number of hydrogen-bond donors (Lipinski definition) is 2. The van der Waals surface area contributed by atoms with Gasteiger partial charge in [-0.2, -0.15) is 0 Å². The van der Waals surface area contributed by atoms with Gasteiger partial charge in [-0.3, -0.25) is 4.79 Å². The molecule has 6 heteroatoms. The second-order valence-corrected chi connectivity index (χ2v) is 4.05. The van der Waals surface area contributed by atoms with Crippen molar-refractivity contribution in [2.45, 2.75) is 12.8 Å². The van der Waals surface area contributed by atoms with E-state index in [4.69, 9.17) is 9.84 Å². The number of halogens is 2. The maximum absolute atomic E-state index is 13.7. The van der Waals surface area contributed by atoms with Crippen LogP contribution in [0.1, 0.15) is 18.4 Å². The molecule has 88 valence electrons. The molecule has 0 aliphatic carbocycles. The van der Waals surface area contributed by atoms with Crippen LogP contribution in [0, 0.1) is 5.82 Å². The monoisotopic (exact) mass is 292 g/mol. The first kappa shape index (κ1) is 12.8. The molecule has 0 saturated carbocycles. The van der Waals surface area contributed by atoms with E-state index in [1.165, 1.54) is 20.1 Å². The van der Waals surface area contributed by atoms with Gasteiger partial charge in [-0.25, -0.2) is 4.39 Å². The van der Waals surface area contributed by atoms with Crippen molar-refractivity contribution in [3.8, 4) is 11.5 Å². The third kappa shape index (κ3) is 2.11. The van der Waals surface area contributed by atoms with E-state index in [2.05, 4.69) is 15.9 Å². The Balaban J connectivity index is 3.41. The zero-order valence-electron chi connectivity index (χ0n) is 8.62. The minimum absolute atomic E-state index is 0.0503. The highest BCUT2D eigenvalue weighted by Gasteiger charge is 2.25. The summed E-state index contributed by atoms with van der Waals surface area (Å²) in [6, 6.07) is 1.33. The van der Waals surface area contributed by atoms with E-state index in [1.807, 2.05) is 0 Å². The van der Waals surface area contributed by atoms with E-state index in [0.29, 0.717) is 0 Å². The van der Waals surface area contributed by atoms with Crippen LogP contribution in [-0.2, 0) is 4.79 Å². The van der Waals surface area contributed by atoms with Crippen molar-refractivity contribution < 1.29 is 24.1 Å². The molecule has 0 spiro atoms. The minimum atomic E-state index is -1.18. The van der Waals surface area contributed by atoms with Crippen molar-refractivity contribution in [1.29, 1.82) is 0 Å². The molecule has 0 aliphatic rings. The lowest BCUT2D eigenvalue weighted by molar-refractivity contribution is -0.138. The Hall–Kier alpha value is -1.30. The molecule has 1 unspecified atom stereocenters. The first-order valence-corrected chi connectivity index (χ1v) is 5.17. The number of carbonyl (C=O) groups is 1. The van der Waals surface area contributed by atoms with Crippen LogP contribution in [0.4, 0.5) is 4.39 Å². The second-order valence-electron chi connectivity index (χ2n) is 3.20. The number of ether oxygens (including phenoxy) is 1. The number of aromatic hydroxyl groups is 1. The fourth-order valence-corrected chi connectivity index (χ4v) is 2.00. The van der Waals surface area contributed by atoms with E-state index in [0.717, 1.165) is 0 Å². The molecule has 1 rings (SSSR count). The summed E-state index contributed by atoms with van der Waals surface area (Å²) in [5.41, 5.74) is -0.106. The van der Waals surface area contributed by atoms with Gasteiger partial charge >= 0.3 is 5.97 Å². The highest BCUT2D eigenvalue weighted by molar-refractivity contribution is 9.10. The Kier molecular flexibility index (Phi) is 3.74. The second kappa shape index (κ2) is 4.69. The molecule has 1 atom stereocenters. The van der Waals surface area contributed by atoms with Crippen molar-refractivity contribution >= 4 is 21.9 Å². The standard InChI is InChI=1S/C10H10BrFO4/c1-4(10(14)15)7-5(11)3-6(16-2)9(13)8(7)12/h3-4,13H,1-2H3,(H,14,15). The molecule has 4 nitrogen and oxygen atoms in total.